The molecule has 0 aromatic heterocycles. The molecule has 0 saturated heterocycles. The van der Waals surface area contributed by atoms with E-state index in [9.17, 15) is 0 Å². The minimum atomic E-state index is -0.0626. The molecule has 0 aliphatic rings. The van der Waals surface area contributed by atoms with Crippen LogP contribution < -0.4 is 0 Å². The van der Waals surface area contributed by atoms with E-state index in [1.165, 1.54) is 44.9 Å². The van der Waals surface area contributed by atoms with Crippen molar-refractivity contribution in [1.82, 2.24) is 0 Å². The first-order valence-electron chi connectivity index (χ1n) is 6.27. The van der Waals surface area contributed by atoms with Gasteiger partial charge in [0.2, 0.25) is 0 Å². The van der Waals surface area contributed by atoms with Crippen LogP contribution in [-0.2, 0) is 0 Å². The molecule has 0 N–H and O–H groups in total. The van der Waals surface area contributed by atoms with Crippen LogP contribution in [0.15, 0.2) is 0 Å². The number of alkyl halides is 2. The first kappa shape index (κ1) is 15.8. The number of hydrogen-bond donors (Lipinski definition) is 0. The zero-order chi connectivity index (χ0) is 11.7. The molecule has 2 heteroatoms. The van der Waals surface area contributed by atoms with Crippen molar-refractivity contribution in [3.63, 3.8) is 0 Å². The van der Waals surface area contributed by atoms with E-state index < -0.39 is 0 Å². The van der Waals surface area contributed by atoms with E-state index in [1.54, 1.807) is 0 Å². The summed E-state index contributed by atoms with van der Waals surface area (Å²) in [6.45, 7) is 6.51. The summed E-state index contributed by atoms with van der Waals surface area (Å²) in [5.41, 5.74) is 0. The van der Waals surface area contributed by atoms with Crippen molar-refractivity contribution in [3.8, 4) is 0 Å². The average molecular weight is 298 g/mol. The number of hydrogen-bond acceptors (Lipinski definition) is 0. The minimum Gasteiger partial charge on any atom is -0.120 e. The van der Waals surface area contributed by atoms with Gasteiger partial charge >= 0.3 is 0 Å². The fraction of sp³-hybridized carbons (Fsp3) is 1.00. The van der Waals surface area contributed by atoms with E-state index in [2.05, 4.69) is 36.7 Å². The number of halogens is 2. The summed E-state index contributed by atoms with van der Waals surface area (Å²) in [7, 11) is 0. The third-order valence-corrected chi connectivity index (χ3v) is 4.15. The van der Waals surface area contributed by atoms with Crippen LogP contribution in [-0.4, -0.2) is 10.2 Å². The Hall–Kier alpha value is 0.770. The van der Waals surface area contributed by atoms with E-state index >= 15 is 0 Å². The summed E-state index contributed by atoms with van der Waals surface area (Å²) in [5, 5.41) is 1.03. The summed E-state index contributed by atoms with van der Waals surface area (Å²) in [5.74, 6) is 0.602. The number of rotatable bonds is 9. The van der Waals surface area contributed by atoms with E-state index in [1.807, 2.05) is 0 Å². The highest BCUT2D eigenvalue weighted by Gasteiger charge is 2.25. The lowest BCUT2D eigenvalue weighted by Gasteiger charge is -2.26. The molecule has 0 fully saturated rings. The lowest BCUT2D eigenvalue weighted by Crippen LogP contribution is -2.25. The number of unbranched alkanes of at least 4 members (excludes halogenated alkanes) is 5. The normalized spacial score (nSPS) is 14.2. The molecule has 0 aliphatic carbocycles. The zero-order valence-electron chi connectivity index (χ0n) is 10.5. The van der Waals surface area contributed by atoms with Crippen molar-refractivity contribution >= 4 is 27.5 Å². The summed E-state index contributed by atoms with van der Waals surface area (Å²) >= 11 is 9.89. The van der Waals surface area contributed by atoms with Crippen LogP contribution in [0.3, 0.4) is 0 Å². The molecule has 0 amide bonds. The summed E-state index contributed by atoms with van der Waals surface area (Å²) in [6.07, 6.45) is 9.48. The van der Waals surface area contributed by atoms with Gasteiger partial charge in [0.05, 0.1) is 0 Å². The molecule has 0 radical (unpaired) electrons. The molecule has 1 unspecified atom stereocenters. The molecular formula is C13H26BrCl. The quantitative estimate of drug-likeness (QED) is 0.374. The minimum absolute atomic E-state index is 0.0626. The molecule has 0 heterocycles. The molecular weight excluding hydrogens is 271 g/mol. The zero-order valence-corrected chi connectivity index (χ0v) is 12.8. The molecule has 0 aromatic carbocycles. The Kier molecular flexibility index (Phi) is 9.32. The highest BCUT2D eigenvalue weighted by Crippen LogP contribution is 2.30. The molecule has 0 saturated carbocycles. The van der Waals surface area contributed by atoms with Crippen LogP contribution in [0.5, 0.6) is 0 Å². The second-order valence-corrected chi connectivity index (χ2v) is 6.59. The van der Waals surface area contributed by atoms with Crippen LogP contribution >= 0.6 is 27.5 Å². The van der Waals surface area contributed by atoms with Crippen molar-refractivity contribution < 1.29 is 0 Å². The SMILES string of the molecule is CCCCCCCCC(CBr)C(C)(C)Cl. The van der Waals surface area contributed by atoms with E-state index in [0.717, 1.165) is 5.33 Å². The lowest BCUT2D eigenvalue weighted by molar-refractivity contribution is 0.409. The Morgan fingerprint density at radius 3 is 2.07 bits per heavy atom. The van der Waals surface area contributed by atoms with Crippen LogP contribution in [0.4, 0.5) is 0 Å². The van der Waals surface area contributed by atoms with Crippen molar-refractivity contribution in [2.75, 3.05) is 5.33 Å². The van der Waals surface area contributed by atoms with Gasteiger partial charge in [-0.25, -0.2) is 0 Å². The molecule has 0 bridgehead atoms. The monoisotopic (exact) mass is 296 g/mol. The van der Waals surface area contributed by atoms with Gasteiger partial charge in [0.25, 0.3) is 0 Å². The maximum atomic E-state index is 6.33. The van der Waals surface area contributed by atoms with Gasteiger partial charge in [-0.05, 0) is 26.2 Å². The Morgan fingerprint density at radius 1 is 1.07 bits per heavy atom. The second kappa shape index (κ2) is 8.87. The van der Waals surface area contributed by atoms with E-state index in [-0.39, 0.29) is 4.87 Å². The first-order valence-corrected chi connectivity index (χ1v) is 7.77. The Bertz CT molecular complexity index is 140. The third-order valence-electron chi connectivity index (χ3n) is 3.06. The van der Waals surface area contributed by atoms with Gasteiger partial charge in [0.1, 0.15) is 0 Å². The first-order chi connectivity index (χ1) is 7.02. The smallest absolute Gasteiger partial charge is 0.0426 e. The predicted octanol–water partition coefficient (Wildman–Crippen LogP) is 5.77. The summed E-state index contributed by atoms with van der Waals surface area (Å²) in [6, 6.07) is 0. The summed E-state index contributed by atoms with van der Waals surface area (Å²) in [4.78, 5) is -0.0626. The molecule has 1 atom stereocenters. The molecule has 0 nitrogen and oxygen atoms in total. The molecule has 15 heavy (non-hydrogen) atoms. The van der Waals surface area contributed by atoms with Crippen molar-refractivity contribution in [2.24, 2.45) is 5.92 Å². The topological polar surface area (TPSA) is 0 Å². The predicted molar refractivity (Wildman–Crippen MR) is 75.2 cm³/mol. The summed E-state index contributed by atoms with van der Waals surface area (Å²) < 4.78 is 0. The second-order valence-electron chi connectivity index (χ2n) is 4.97. The molecule has 92 valence electrons. The molecule has 0 spiro atoms. The van der Waals surface area contributed by atoms with Crippen molar-refractivity contribution in [1.29, 1.82) is 0 Å². The van der Waals surface area contributed by atoms with Crippen molar-refractivity contribution in [3.05, 3.63) is 0 Å². The highest BCUT2D eigenvalue weighted by atomic mass is 79.9. The van der Waals surface area contributed by atoms with Gasteiger partial charge in [-0.15, -0.1) is 11.6 Å². The molecule has 0 aromatic rings. The fourth-order valence-corrected chi connectivity index (χ4v) is 3.28. The van der Waals surface area contributed by atoms with Crippen LogP contribution in [0.25, 0.3) is 0 Å². The highest BCUT2D eigenvalue weighted by molar-refractivity contribution is 9.09. The maximum absolute atomic E-state index is 6.33. The van der Waals surface area contributed by atoms with Gasteiger partial charge < -0.3 is 0 Å². The standard InChI is InChI=1S/C13H26BrCl/c1-4-5-6-7-8-9-10-12(11-14)13(2,3)15/h12H,4-11H2,1-3H3. The Balaban J connectivity index is 3.48. The molecule has 0 aliphatic heterocycles. The van der Waals surface area contributed by atoms with Gasteiger partial charge in [-0.2, -0.15) is 0 Å². The average Bonchev–Trinajstić information content (AvgIpc) is 2.15. The fourth-order valence-electron chi connectivity index (χ4n) is 1.77. The van der Waals surface area contributed by atoms with Crippen LogP contribution in [0.2, 0.25) is 0 Å². The Morgan fingerprint density at radius 2 is 1.60 bits per heavy atom. The van der Waals surface area contributed by atoms with Crippen LogP contribution in [0, 0.1) is 5.92 Å². The van der Waals surface area contributed by atoms with Crippen LogP contribution in [0.1, 0.15) is 65.7 Å². The Labute approximate surface area is 109 Å². The van der Waals surface area contributed by atoms with Gasteiger partial charge in [0.15, 0.2) is 0 Å². The van der Waals surface area contributed by atoms with Crippen molar-refractivity contribution in [2.45, 2.75) is 70.6 Å². The molecule has 0 rings (SSSR count). The van der Waals surface area contributed by atoms with Gasteiger partial charge in [-0.3, -0.25) is 0 Å². The maximum Gasteiger partial charge on any atom is 0.0426 e. The largest absolute Gasteiger partial charge is 0.120 e. The lowest BCUT2D eigenvalue weighted by atomic mass is 9.91. The van der Waals surface area contributed by atoms with E-state index in [4.69, 9.17) is 11.6 Å². The van der Waals surface area contributed by atoms with E-state index in [0.29, 0.717) is 5.92 Å². The third kappa shape index (κ3) is 8.56. The van der Waals surface area contributed by atoms with Gasteiger partial charge in [-0.1, -0.05) is 61.4 Å². The van der Waals surface area contributed by atoms with Gasteiger partial charge in [0, 0.05) is 10.2 Å².